The van der Waals surface area contributed by atoms with Crippen molar-refractivity contribution in [2.45, 2.75) is 83.8 Å². The number of anilines is 1. The lowest BCUT2D eigenvalue weighted by atomic mass is 9.50. The molecule has 5 unspecified atom stereocenters. The first kappa shape index (κ1) is 29.4. The minimum absolute atomic E-state index is 0.0177. The number of carbonyl (C=O) groups is 2. The van der Waals surface area contributed by atoms with Gasteiger partial charge in [0.25, 0.3) is 0 Å². The first-order chi connectivity index (χ1) is 20.6. The summed E-state index contributed by atoms with van der Waals surface area (Å²) < 4.78 is 6.09. The summed E-state index contributed by atoms with van der Waals surface area (Å²) >= 11 is 0. The second-order valence-electron chi connectivity index (χ2n) is 13.4. The Balaban J connectivity index is 1.40. The predicted molar refractivity (Wildman–Crippen MR) is 170 cm³/mol. The van der Waals surface area contributed by atoms with E-state index in [4.69, 9.17) is 9.57 Å². The van der Waals surface area contributed by atoms with Gasteiger partial charge in [-0.3, -0.25) is 9.59 Å². The van der Waals surface area contributed by atoms with Gasteiger partial charge in [-0.1, -0.05) is 60.1 Å². The Kier molecular flexibility index (Phi) is 7.82. The van der Waals surface area contributed by atoms with Crippen LogP contribution in [0.2, 0.25) is 0 Å². The largest absolute Gasteiger partial charge is 0.451 e. The summed E-state index contributed by atoms with van der Waals surface area (Å²) in [6.45, 7) is 5.76. The Morgan fingerprint density at radius 2 is 1.72 bits per heavy atom. The van der Waals surface area contributed by atoms with Crippen molar-refractivity contribution in [2.75, 3.05) is 19.0 Å². The maximum absolute atomic E-state index is 13.4. The Morgan fingerprint density at radius 3 is 2.40 bits per heavy atom. The molecule has 226 valence electrons. The van der Waals surface area contributed by atoms with Gasteiger partial charge in [0.2, 0.25) is 0 Å². The van der Waals surface area contributed by atoms with Crippen LogP contribution < -0.4 is 4.90 Å². The van der Waals surface area contributed by atoms with E-state index in [-0.39, 0.29) is 17.7 Å². The van der Waals surface area contributed by atoms with Crippen LogP contribution in [0.4, 0.5) is 5.69 Å². The SMILES string of the molecule is CC(=O)OC1(C(C)=O)CCC2C3CCC4=C/C(=N\OCc5ccccc5)CCC4=C3C(c3ccc(N(C)C)cc3)CC21C. The molecule has 0 N–H and O–H groups in total. The zero-order chi connectivity index (χ0) is 30.4. The monoisotopic (exact) mass is 580 g/mol. The Labute approximate surface area is 255 Å². The standard InChI is InChI=1S/C37H44N2O4/c1-24(40)37(43-25(2)41)20-19-34-32-17-13-28-21-29(38-42-23-26-9-7-6-8-10-26)14-18-31(28)35(32)33(22-36(34,37)3)27-11-15-30(16-12-27)39(4)5/h6-12,15-16,21,32-34H,13-14,17-20,22-23H2,1-5H3/b38-29-. The maximum Gasteiger partial charge on any atom is 0.303 e. The Bertz CT molecular complexity index is 1490. The van der Waals surface area contributed by atoms with Gasteiger partial charge in [0, 0.05) is 38.0 Å². The van der Waals surface area contributed by atoms with Crippen molar-refractivity contribution in [3.8, 4) is 0 Å². The Morgan fingerprint density at radius 1 is 0.977 bits per heavy atom. The van der Waals surface area contributed by atoms with Gasteiger partial charge in [-0.2, -0.15) is 0 Å². The van der Waals surface area contributed by atoms with Crippen LogP contribution in [-0.2, 0) is 25.8 Å². The summed E-state index contributed by atoms with van der Waals surface area (Å²) in [5, 5.41) is 4.53. The summed E-state index contributed by atoms with van der Waals surface area (Å²) in [5.41, 5.74) is 7.46. The zero-order valence-electron chi connectivity index (χ0n) is 26.2. The molecular weight excluding hydrogens is 536 g/mol. The van der Waals surface area contributed by atoms with Gasteiger partial charge in [-0.25, -0.2) is 0 Å². The number of esters is 1. The van der Waals surface area contributed by atoms with Crippen molar-refractivity contribution in [1.82, 2.24) is 0 Å². The topological polar surface area (TPSA) is 68.2 Å². The lowest BCUT2D eigenvalue weighted by molar-refractivity contribution is -0.182. The molecule has 0 bridgehead atoms. The average Bonchev–Trinajstić information content (AvgIpc) is 3.29. The van der Waals surface area contributed by atoms with Crippen molar-refractivity contribution in [2.24, 2.45) is 22.4 Å². The molecule has 2 saturated carbocycles. The number of allylic oxidation sites excluding steroid dienone is 4. The fraction of sp³-hybridized carbons (Fsp3) is 0.486. The van der Waals surface area contributed by atoms with Gasteiger partial charge in [0.1, 0.15) is 6.61 Å². The van der Waals surface area contributed by atoms with E-state index in [1.807, 2.05) is 18.2 Å². The van der Waals surface area contributed by atoms with E-state index in [2.05, 4.69) is 73.5 Å². The summed E-state index contributed by atoms with van der Waals surface area (Å²) in [7, 11) is 4.12. The molecule has 0 saturated heterocycles. The minimum atomic E-state index is -1.07. The molecule has 0 amide bonds. The molecule has 5 atom stereocenters. The highest BCUT2D eigenvalue weighted by Crippen LogP contribution is 2.67. The lowest BCUT2D eigenvalue weighted by Gasteiger charge is -2.55. The van der Waals surface area contributed by atoms with Gasteiger partial charge in [-0.05, 0) is 104 Å². The van der Waals surface area contributed by atoms with Crippen molar-refractivity contribution in [3.05, 3.63) is 88.5 Å². The highest BCUT2D eigenvalue weighted by Gasteiger charge is 2.67. The van der Waals surface area contributed by atoms with Crippen LogP contribution in [0.15, 0.2) is 82.5 Å². The molecule has 0 heterocycles. The fourth-order valence-electron chi connectivity index (χ4n) is 8.86. The quantitative estimate of drug-likeness (QED) is 0.250. The summed E-state index contributed by atoms with van der Waals surface area (Å²) in [6.07, 6.45) is 8.37. The maximum atomic E-state index is 13.4. The molecule has 2 aromatic carbocycles. The number of ketones is 1. The zero-order valence-corrected chi connectivity index (χ0v) is 26.2. The number of hydrogen-bond acceptors (Lipinski definition) is 6. The van der Waals surface area contributed by atoms with Crippen molar-refractivity contribution >= 4 is 23.2 Å². The smallest absolute Gasteiger partial charge is 0.303 e. The van der Waals surface area contributed by atoms with E-state index < -0.39 is 11.0 Å². The number of rotatable bonds is 7. The van der Waals surface area contributed by atoms with E-state index in [1.165, 1.54) is 23.6 Å². The molecule has 6 rings (SSSR count). The Hall–Kier alpha value is -3.67. The summed E-state index contributed by atoms with van der Waals surface area (Å²) in [6, 6.07) is 19.0. The van der Waals surface area contributed by atoms with Gasteiger partial charge in [-0.15, -0.1) is 0 Å². The summed E-state index contributed by atoms with van der Waals surface area (Å²) in [4.78, 5) is 33.7. The third-order valence-electron chi connectivity index (χ3n) is 10.8. The molecule has 4 aliphatic rings. The molecule has 6 nitrogen and oxygen atoms in total. The van der Waals surface area contributed by atoms with Crippen LogP contribution in [0.3, 0.4) is 0 Å². The number of Topliss-reactive ketones (excluding diaryl/α,β-unsaturated/α-hetero) is 1. The van der Waals surface area contributed by atoms with Crippen LogP contribution in [0.25, 0.3) is 0 Å². The molecule has 0 radical (unpaired) electrons. The predicted octanol–water partition coefficient (Wildman–Crippen LogP) is 7.55. The number of hydrogen-bond donors (Lipinski definition) is 0. The molecule has 0 spiro atoms. The fourth-order valence-corrected chi connectivity index (χ4v) is 8.86. The van der Waals surface area contributed by atoms with Crippen LogP contribution >= 0.6 is 0 Å². The number of fused-ring (bicyclic) bond motifs is 4. The van der Waals surface area contributed by atoms with Gasteiger partial charge < -0.3 is 14.5 Å². The molecule has 4 aliphatic carbocycles. The number of carbonyl (C=O) groups excluding carboxylic acids is 2. The number of nitrogens with zero attached hydrogens (tertiary/aromatic N) is 2. The molecule has 0 aromatic heterocycles. The first-order valence-electron chi connectivity index (χ1n) is 15.8. The van der Waals surface area contributed by atoms with Crippen molar-refractivity contribution in [3.63, 3.8) is 0 Å². The van der Waals surface area contributed by atoms with Crippen LogP contribution in [0, 0.1) is 17.3 Å². The second kappa shape index (κ2) is 11.4. The van der Waals surface area contributed by atoms with Gasteiger partial charge in [0.15, 0.2) is 11.4 Å². The molecule has 2 fully saturated rings. The molecule has 43 heavy (non-hydrogen) atoms. The van der Waals surface area contributed by atoms with Crippen molar-refractivity contribution in [1.29, 1.82) is 0 Å². The third-order valence-corrected chi connectivity index (χ3v) is 10.8. The van der Waals surface area contributed by atoms with E-state index in [1.54, 1.807) is 12.5 Å². The van der Waals surface area contributed by atoms with E-state index in [0.717, 1.165) is 55.5 Å². The summed E-state index contributed by atoms with van der Waals surface area (Å²) in [5.74, 6) is 0.420. The van der Waals surface area contributed by atoms with E-state index in [0.29, 0.717) is 24.9 Å². The van der Waals surface area contributed by atoms with Crippen LogP contribution in [0.5, 0.6) is 0 Å². The molecular formula is C37H44N2O4. The highest BCUT2D eigenvalue weighted by atomic mass is 16.6. The van der Waals surface area contributed by atoms with Gasteiger partial charge in [0.05, 0.1) is 5.71 Å². The van der Waals surface area contributed by atoms with Gasteiger partial charge >= 0.3 is 5.97 Å². The highest BCUT2D eigenvalue weighted by molar-refractivity contribution is 5.97. The van der Waals surface area contributed by atoms with Crippen LogP contribution in [0.1, 0.15) is 82.8 Å². The second-order valence-corrected chi connectivity index (χ2v) is 13.4. The molecule has 0 aliphatic heterocycles. The molecule has 2 aromatic rings. The van der Waals surface area contributed by atoms with E-state index in [9.17, 15) is 9.59 Å². The molecule has 6 heteroatoms. The normalized spacial score (nSPS) is 30.6. The van der Waals surface area contributed by atoms with Crippen molar-refractivity contribution < 1.29 is 19.2 Å². The first-order valence-corrected chi connectivity index (χ1v) is 15.8. The number of oxime groups is 1. The minimum Gasteiger partial charge on any atom is -0.451 e. The van der Waals surface area contributed by atoms with E-state index >= 15 is 0 Å². The lowest BCUT2D eigenvalue weighted by Crippen LogP contribution is -2.57. The average molecular weight is 581 g/mol. The third kappa shape index (κ3) is 5.13. The number of benzene rings is 2. The van der Waals surface area contributed by atoms with Crippen LogP contribution in [-0.4, -0.2) is 37.2 Å². The number of ether oxygens (including phenoxy) is 1.